The van der Waals surface area contributed by atoms with Crippen molar-refractivity contribution in [1.82, 2.24) is 4.98 Å². The first-order valence-electron chi connectivity index (χ1n) is 8.33. The summed E-state index contributed by atoms with van der Waals surface area (Å²) in [7, 11) is 0. The SMILES string of the molecule is O=C1Nc2cc(-c3cccnc3)ccc2C1=Cc1ccccc1OC(F)(F)F. The van der Waals surface area contributed by atoms with Gasteiger partial charge < -0.3 is 10.1 Å². The zero-order valence-corrected chi connectivity index (χ0v) is 14.3. The molecule has 7 heteroatoms. The third kappa shape index (κ3) is 3.59. The van der Waals surface area contributed by atoms with Crippen molar-refractivity contribution in [2.24, 2.45) is 0 Å². The van der Waals surface area contributed by atoms with Crippen molar-refractivity contribution in [3.8, 4) is 16.9 Å². The van der Waals surface area contributed by atoms with Gasteiger partial charge in [0.25, 0.3) is 5.91 Å². The highest BCUT2D eigenvalue weighted by molar-refractivity contribution is 6.35. The Morgan fingerprint density at radius 2 is 1.82 bits per heavy atom. The van der Waals surface area contributed by atoms with Crippen LogP contribution in [0, 0.1) is 0 Å². The summed E-state index contributed by atoms with van der Waals surface area (Å²) in [5, 5.41) is 2.75. The van der Waals surface area contributed by atoms with Gasteiger partial charge in [0.15, 0.2) is 0 Å². The van der Waals surface area contributed by atoms with E-state index in [4.69, 9.17) is 0 Å². The molecule has 2 aromatic carbocycles. The van der Waals surface area contributed by atoms with E-state index in [2.05, 4.69) is 15.0 Å². The van der Waals surface area contributed by atoms with Gasteiger partial charge in [0.1, 0.15) is 5.75 Å². The number of pyridine rings is 1. The summed E-state index contributed by atoms with van der Waals surface area (Å²) in [4.78, 5) is 16.5. The highest BCUT2D eigenvalue weighted by atomic mass is 19.4. The number of benzene rings is 2. The third-order valence-electron chi connectivity index (χ3n) is 4.24. The molecule has 0 saturated carbocycles. The molecule has 0 saturated heterocycles. The van der Waals surface area contributed by atoms with E-state index in [0.29, 0.717) is 11.3 Å². The van der Waals surface area contributed by atoms with Gasteiger partial charge in [-0.15, -0.1) is 13.2 Å². The lowest BCUT2D eigenvalue weighted by molar-refractivity contribution is -0.274. The molecule has 2 heterocycles. The number of para-hydroxylation sites is 1. The van der Waals surface area contributed by atoms with Gasteiger partial charge in [0.2, 0.25) is 0 Å². The normalized spacial score (nSPS) is 14.7. The van der Waals surface area contributed by atoms with E-state index in [-0.39, 0.29) is 22.8 Å². The van der Waals surface area contributed by atoms with Gasteiger partial charge in [-0.3, -0.25) is 9.78 Å². The molecule has 4 rings (SSSR count). The minimum absolute atomic E-state index is 0.161. The maximum absolute atomic E-state index is 12.6. The number of rotatable bonds is 3. The fraction of sp³-hybridized carbons (Fsp3) is 0.0476. The molecule has 0 bridgehead atoms. The monoisotopic (exact) mass is 382 g/mol. The Labute approximate surface area is 158 Å². The standard InChI is InChI=1S/C21H13F3N2O2/c22-21(23,24)28-19-6-2-1-4-14(19)10-17-16-8-7-13(11-18(16)26-20(17)27)15-5-3-9-25-12-15/h1-12H,(H,26,27). The second-order valence-electron chi connectivity index (χ2n) is 6.10. The fourth-order valence-corrected chi connectivity index (χ4v) is 3.02. The van der Waals surface area contributed by atoms with Crippen LogP contribution in [0.25, 0.3) is 22.8 Å². The van der Waals surface area contributed by atoms with Crippen LogP contribution in [0.15, 0.2) is 67.0 Å². The minimum atomic E-state index is -4.82. The van der Waals surface area contributed by atoms with E-state index in [1.54, 1.807) is 24.5 Å². The number of carbonyl (C=O) groups excluding carboxylic acids is 1. The van der Waals surface area contributed by atoms with Crippen molar-refractivity contribution in [2.45, 2.75) is 6.36 Å². The van der Waals surface area contributed by atoms with Crippen LogP contribution in [0.5, 0.6) is 5.75 Å². The summed E-state index contributed by atoms with van der Waals surface area (Å²) >= 11 is 0. The van der Waals surface area contributed by atoms with Crippen molar-refractivity contribution in [3.63, 3.8) is 0 Å². The van der Waals surface area contributed by atoms with Crippen LogP contribution in [0.4, 0.5) is 18.9 Å². The summed E-state index contributed by atoms with van der Waals surface area (Å²) in [6, 6.07) is 14.8. The molecule has 1 aliphatic rings. The van der Waals surface area contributed by atoms with E-state index < -0.39 is 6.36 Å². The Balaban J connectivity index is 1.73. The number of hydrogen-bond acceptors (Lipinski definition) is 3. The maximum Gasteiger partial charge on any atom is 0.573 e. The number of amides is 1. The molecule has 0 aliphatic carbocycles. The van der Waals surface area contributed by atoms with Gasteiger partial charge >= 0.3 is 6.36 Å². The molecular weight excluding hydrogens is 369 g/mol. The summed E-state index contributed by atoms with van der Waals surface area (Å²) in [5.41, 5.74) is 3.39. The molecule has 0 radical (unpaired) electrons. The quantitative estimate of drug-likeness (QED) is 0.638. The number of carbonyl (C=O) groups is 1. The van der Waals surface area contributed by atoms with Crippen LogP contribution in [-0.2, 0) is 4.79 Å². The first kappa shape index (κ1) is 17.8. The molecular formula is C21H13F3N2O2. The fourth-order valence-electron chi connectivity index (χ4n) is 3.02. The van der Waals surface area contributed by atoms with Gasteiger partial charge in [0.05, 0.1) is 0 Å². The van der Waals surface area contributed by atoms with Crippen molar-refractivity contribution < 1.29 is 22.7 Å². The predicted molar refractivity (Wildman–Crippen MR) is 99.3 cm³/mol. The van der Waals surface area contributed by atoms with Gasteiger partial charge in [-0.25, -0.2) is 0 Å². The van der Waals surface area contributed by atoms with Crippen LogP contribution >= 0.6 is 0 Å². The minimum Gasteiger partial charge on any atom is -0.405 e. The molecule has 1 aromatic heterocycles. The van der Waals surface area contributed by atoms with Crippen LogP contribution in [0.3, 0.4) is 0 Å². The van der Waals surface area contributed by atoms with Crippen LogP contribution in [0.1, 0.15) is 11.1 Å². The van der Waals surface area contributed by atoms with Gasteiger partial charge in [-0.1, -0.05) is 36.4 Å². The first-order chi connectivity index (χ1) is 13.4. The highest BCUT2D eigenvalue weighted by Crippen LogP contribution is 2.37. The molecule has 0 fully saturated rings. The van der Waals surface area contributed by atoms with E-state index in [9.17, 15) is 18.0 Å². The third-order valence-corrected chi connectivity index (χ3v) is 4.24. The maximum atomic E-state index is 12.6. The molecule has 0 unspecified atom stereocenters. The largest absolute Gasteiger partial charge is 0.573 e. The molecule has 0 atom stereocenters. The molecule has 1 N–H and O–H groups in total. The average molecular weight is 382 g/mol. The van der Waals surface area contributed by atoms with E-state index in [0.717, 1.165) is 11.1 Å². The zero-order valence-electron chi connectivity index (χ0n) is 14.3. The molecule has 3 aromatic rings. The molecule has 140 valence electrons. The number of ether oxygens (including phenoxy) is 1. The summed E-state index contributed by atoms with van der Waals surface area (Å²) < 4.78 is 41.9. The van der Waals surface area contributed by atoms with Crippen molar-refractivity contribution in [1.29, 1.82) is 0 Å². The number of fused-ring (bicyclic) bond motifs is 1. The smallest absolute Gasteiger partial charge is 0.405 e. The Hall–Kier alpha value is -3.61. The van der Waals surface area contributed by atoms with E-state index in [1.807, 2.05) is 24.3 Å². The Bertz CT molecular complexity index is 1080. The average Bonchev–Trinajstić information content (AvgIpc) is 2.97. The van der Waals surface area contributed by atoms with Crippen molar-refractivity contribution in [3.05, 3.63) is 78.1 Å². The molecule has 0 spiro atoms. The summed E-state index contributed by atoms with van der Waals surface area (Å²) in [5.74, 6) is -0.754. The molecule has 4 nitrogen and oxygen atoms in total. The van der Waals surface area contributed by atoms with E-state index >= 15 is 0 Å². The van der Waals surface area contributed by atoms with Crippen LogP contribution in [0.2, 0.25) is 0 Å². The van der Waals surface area contributed by atoms with Gasteiger partial charge in [-0.2, -0.15) is 0 Å². The number of aromatic nitrogens is 1. The molecule has 1 amide bonds. The number of anilines is 1. The molecule has 1 aliphatic heterocycles. The second-order valence-corrected chi connectivity index (χ2v) is 6.10. The second kappa shape index (κ2) is 6.84. The number of nitrogens with zero attached hydrogens (tertiary/aromatic N) is 1. The zero-order chi connectivity index (χ0) is 19.7. The topological polar surface area (TPSA) is 51.2 Å². The summed E-state index contributed by atoms with van der Waals surface area (Å²) in [6.07, 6.45) is -0.0466. The first-order valence-corrected chi connectivity index (χ1v) is 8.33. The lowest BCUT2D eigenvalue weighted by Gasteiger charge is -2.11. The van der Waals surface area contributed by atoms with Crippen LogP contribution in [-0.4, -0.2) is 17.3 Å². The van der Waals surface area contributed by atoms with Crippen molar-refractivity contribution in [2.75, 3.05) is 5.32 Å². The summed E-state index contributed by atoms with van der Waals surface area (Å²) in [6.45, 7) is 0. The Kier molecular flexibility index (Phi) is 4.35. The van der Waals surface area contributed by atoms with E-state index in [1.165, 1.54) is 24.3 Å². The molecule has 28 heavy (non-hydrogen) atoms. The number of hydrogen-bond donors (Lipinski definition) is 1. The lowest BCUT2D eigenvalue weighted by Crippen LogP contribution is -2.17. The van der Waals surface area contributed by atoms with Crippen molar-refractivity contribution >= 4 is 23.2 Å². The van der Waals surface area contributed by atoms with Gasteiger partial charge in [-0.05, 0) is 29.8 Å². The van der Waals surface area contributed by atoms with Gasteiger partial charge in [0, 0.05) is 40.3 Å². The number of halogens is 3. The lowest BCUT2D eigenvalue weighted by atomic mass is 10.00. The van der Waals surface area contributed by atoms with Crippen LogP contribution < -0.4 is 10.1 Å². The highest BCUT2D eigenvalue weighted by Gasteiger charge is 2.32. The predicted octanol–water partition coefficient (Wildman–Crippen LogP) is 5.14. The number of nitrogens with one attached hydrogen (secondary N) is 1. The Morgan fingerprint density at radius 3 is 2.57 bits per heavy atom. The number of alkyl halides is 3. The Morgan fingerprint density at radius 1 is 1.00 bits per heavy atom.